The number of unbranched alkanes of at least 4 members (excludes halogenated alkanes) is 1. The molecule has 0 saturated heterocycles. The van der Waals surface area contributed by atoms with Crippen molar-refractivity contribution in [2.75, 3.05) is 6.61 Å². The summed E-state index contributed by atoms with van der Waals surface area (Å²) in [5.74, 6) is -0.762. The van der Waals surface area contributed by atoms with Crippen molar-refractivity contribution in [3.63, 3.8) is 0 Å². The summed E-state index contributed by atoms with van der Waals surface area (Å²) in [5.41, 5.74) is -0.284. The molecular weight excluding hydrogens is 336 g/mol. The Morgan fingerprint density at radius 2 is 1.56 bits per heavy atom. The maximum Gasteiger partial charge on any atom is 0.238 e. The van der Waals surface area contributed by atoms with Gasteiger partial charge in [-0.25, -0.2) is 15.0 Å². The molecule has 1 aliphatic rings. The summed E-state index contributed by atoms with van der Waals surface area (Å²) in [5, 5.41) is 9.19. The first-order valence-corrected chi connectivity index (χ1v) is 12.7. The van der Waals surface area contributed by atoms with Gasteiger partial charge in [-0.15, -0.1) is 0 Å². The van der Waals surface area contributed by atoms with E-state index in [-0.39, 0.29) is 5.60 Å². The Morgan fingerprint density at radius 1 is 0.960 bits per heavy atom. The summed E-state index contributed by atoms with van der Waals surface area (Å²) in [6, 6.07) is 3.27. The van der Waals surface area contributed by atoms with Crippen molar-refractivity contribution in [1.29, 1.82) is 0 Å². The van der Waals surface area contributed by atoms with Gasteiger partial charge >= 0.3 is 0 Å². The van der Waals surface area contributed by atoms with E-state index >= 15 is 0 Å². The summed E-state index contributed by atoms with van der Waals surface area (Å²) in [6.07, 6.45) is 7.70. The molecule has 1 saturated carbocycles. The molecule has 0 unspecified atom stereocenters. The number of rotatable bonds is 13. The molecule has 0 radical (unpaired) electrons. The molecule has 0 aliphatic heterocycles. The second kappa shape index (κ2) is 11.0. The van der Waals surface area contributed by atoms with Crippen LogP contribution in [0.2, 0.25) is 18.1 Å². The molecule has 0 bridgehead atoms. The minimum absolute atomic E-state index is 0.284. The van der Waals surface area contributed by atoms with Crippen LogP contribution in [0, 0.1) is 0 Å². The highest BCUT2D eigenvalue weighted by Gasteiger charge is 2.35. The second-order valence-corrected chi connectivity index (χ2v) is 12.7. The van der Waals surface area contributed by atoms with Gasteiger partial charge in [-0.3, -0.25) is 4.58 Å². The van der Waals surface area contributed by atoms with Crippen molar-refractivity contribution >= 4 is 8.32 Å². The molecule has 150 valence electrons. The highest BCUT2D eigenvalue weighted by molar-refractivity contribution is 6.73. The zero-order chi connectivity index (χ0) is 18.8. The first-order valence-electron chi connectivity index (χ1n) is 10.2. The average Bonchev–Trinajstić information content (AvgIpc) is 2.64. The Bertz CT molecular complexity index is 343. The molecule has 5 nitrogen and oxygen atoms in total. The van der Waals surface area contributed by atoms with Gasteiger partial charge in [0, 0.05) is 12.8 Å². The van der Waals surface area contributed by atoms with E-state index in [0.29, 0.717) is 6.61 Å². The van der Waals surface area contributed by atoms with Crippen LogP contribution in [0.1, 0.15) is 86.0 Å². The zero-order valence-electron chi connectivity index (χ0n) is 17.1. The average molecular weight is 377 g/mol. The topological polar surface area (TPSA) is 57.2 Å². The zero-order valence-corrected chi connectivity index (χ0v) is 18.1. The van der Waals surface area contributed by atoms with E-state index in [9.17, 15) is 5.26 Å². The van der Waals surface area contributed by atoms with Crippen LogP contribution in [0.25, 0.3) is 0 Å². The van der Waals surface area contributed by atoms with Crippen molar-refractivity contribution < 1.29 is 24.3 Å². The van der Waals surface area contributed by atoms with Crippen LogP contribution in [-0.4, -0.2) is 31.6 Å². The monoisotopic (exact) mass is 376 g/mol. The Hall–Kier alpha value is 0.0169. The third kappa shape index (κ3) is 7.65. The lowest BCUT2D eigenvalue weighted by atomic mass is 9.94. The van der Waals surface area contributed by atoms with Crippen LogP contribution < -0.4 is 0 Å². The van der Waals surface area contributed by atoms with Gasteiger partial charge in [-0.05, 0) is 64.1 Å². The predicted molar refractivity (Wildman–Crippen MR) is 103 cm³/mol. The van der Waals surface area contributed by atoms with Crippen molar-refractivity contribution in [3.8, 4) is 0 Å². The largest absolute Gasteiger partial charge is 0.347 e. The summed E-state index contributed by atoms with van der Waals surface area (Å²) >= 11 is 0. The second-order valence-electron chi connectivity index (χ2n) is 8.04. The smallest absolute Gasteiger partial charge is 0.238 e. The van der Waals surface area contributed by atoms with Gasteiger partial charge in [0.2, 0.25) is 14.1 Å². The van der Waals surface area contributed by atoms with Gasteiger partial charge in [0.1, 0.15) is 0 Å². The first kappa shape index (κ1) is 23.1. The lowest BCUT2D eigenvalue weighted by molar-refractivity contribution is -0.412. The Balaban J connectivity index is 2.27. The molecule has 1 N–H and O–H groups in total. The number of ether oxygens (including phenoxy) is 1. The van der Waals surface area contributed by atoms with Gasteiger partial charge in [-0.1, -0.05) is 27.2 Å². The highest BCUT2D eigenvalue weighted by atomic mass is 28.4. The Labute approximate surface area is 155 Å². The molecule has 1 rings (SSSR count). The van der Waals surface area contributed by atoms with E-state index < -0.39 is 14.1 Å². The summed E-state index contributed by atoms with van der Waals surface area (Å²) in [4.78, 5) is 10.5. The first-order chi connectivity index (χ1) is 11.9. The molecule has 0 amide bonds. The van der Waals surface area contributed by atoms with Gasteiger partial charge < -0.3 is 4.74 Å². The van der Waals surface area contributed by atoms with Crippen LogP contribution in [0.4, 0.5) is 0 Å². The van der Waals surface area contributed by atoms with E-state index in [2.05, 4.69) is 39.5 Å². The van der Waals surface area contributed by atoms with Crippen molar-refractivity contribution in [3.05, 3.63) is 0 Å². The maximum absolute atomic E-state index is 9.19. The van der Waals surface area contributed by atoms with Crippen molar-refractivity contribution in [2.45, 2.75) is 116 Å². The van der Waals surface area contributed by atoms with E-state index in [1.54, 1.807) is 0 Å². The molecule has 1 fully saturated rings. The van der Waals surface area contributed by atoms with E-state index in [0.717, 1.165) is 63.1 Å². The fourth-order valence-electron chi connectivity index (χ4n) is 3.43. The molecule has 1 aliphatic carbocycles. The molecule has 25 heavy (non-hydrogen) atoms. The lowest BCUT2D eigenvalue weighted by Gasteiger charge is -2.34. The fourth-order valence-corrected chi connectivity index (χ4v) is 5.69. The van der Waals surface area contributed by atoms with Crippen LogP contribution in [0.15, 0.2) is 0 Å². The predicted octanol–water partition coefficient (Wildman–Crippen LogP) is 6.06. The minimum atomic E-state index is -1.71. The minimum Gasteiger partial charge on any atom is -0.347 e. The Kier molecular flexibility index (Phi) is 10.1. The normalized spacial score (nSPS) is 18.5. The third-order valence-corrected chi connectivity index (χ3v) is 10.00. The van der Waals surface area contributed by atoms with E-state index in [4.69, 9.17) is 14.2 Å². The van der Waals surface area contributed by atoms with Crippen LogP contribution >= 0.6 is 0 Å². The standard InChI is InChI=1S/C19H40O5Si/c1-6-25(7-2,8-3)24-23-18(4,5)14-12-13-17-21-19(22-20)15-10-9-11-16-19/h20H,6-17H2,1-5H3. The number of hydrogen-bond acceptors (Lipinski definition) is 5. The summed E-state index contributed by atoms with van der Waals surface area (Å²) in [7, 11) is -1.71. The van der Waals surface area contributed by atoms with Gasteiger partial charge in [0.05, 0.1) is 12.2 Å². The number of hydrogen-bond donors (Lipinski definition) is 1. The molecule has 0 aromatic carbocycles. The SMILES string of the molecule is CC[Si](CC)(CC)OOC(C)(C)CCCCOC1(OO)CCCCC1. The molecular formula is C19H40O5Si. The maximum atomic E-state index is 9.19. The van der Waals surface area contributed by atoms with Gasteiger partial charge in [0.15, 0.2) is 0 Å². The quantitative estimate of drug-likeness (QED) is 0.139. The summed E-state index contributed by atoms with van der Waals surface area (Å²) < 4.78 is 11.8. The Morgan fingerprint density at radius 3 is 2.08 bits per heavy atom. The summed E-state index contributed by atoms with van der Waals surface area (Å²) in [6.45, 7) is 11.4. The van der Waals surface area contributed by atoms with E-state index in [1.807, 2.05) is 0 Å². The van der Waals surface area contributed by atoms with Crippen LogP contribution in [-0.2, 0) is 19.1 Å². The molecule has 0 aromatic rings. The van der Waals surface area contributed by atoms with Crippen LogP contribution in [0.3, 0.4) is 0 Å². The molecule has 0 atom stereocenters. The van der Waals surface area contributed by atoms with Gasteiger partial charge in [0.25, 0.3) is 0 Å². The lowest BCUT2D eigenvalue weighted by Crippen LogP contribution is -2.40. The van der Waals surface area contributed by atoms with Crippen LogP contribution in [0.5, 0.6) is 0 Å². The fraction of sp³-hybridized carbons (Fsp3) is 1.00. The molecule has 6 heteroatoms. The van der Waals surface area contributed by atoms with Gasteiger partial charge in [-0.2, -0.15) is 0 Å². The molecule has 0 aromatic heterocycles. The molecule has 0 spiro atoms. The molecule has 0 heterocycles. The van der Waals surface area contributed by atoms with Crippen molar-refractivity contribution in [1.82, 2.24) is 0 Å². The van der Waals surface area contributed by atoms with Crippen molar-refractivity contribution in [2.24, 2.45) is 0 Å². The third-order valence-electron chi connectivity index (χ3n) is 5.70. The highest BCUT2D eigenvalue weighted by Crippen LogP contribution is 2.32. The van der Waals surface area contributed by atoms with E-state index in [1.165, 1.54) is 6.42 Å².